The predicted molar refractivity (Wildman–Crippen MR) is 80.6 cm³/mol. The molecule has 0 aromatic heterocycles. The molecule has 0 N–H and O–H groups in total. The second-order valence-corrected chi connectivity index (χ2v) is 5.99. The van der Waals surface area contributed by atoms with E-state index in [9.17, 15) is 4.39 Å². The van der Waals surface area contributed by atoms with Gasteiger partial charge in [-0.1, -0.05) is 45.0 Å². The van der Waals surface area contributed by atoms with Gasteiger partial charge in [0.05, 0.1) is 11.6 Å². The highest BCUT2D eigenvalue weighted by Crippen LogP contribution is 2.23. The first-order valence-corrected chi connectivity index (χ1v) is 6.82. The van der Waals surface area contributed by atoms with E-state index in [2.05, 4.69) is 32.9 Å². The van der Waals surface area contributed by atoms with E-state index in [1.54, 1.807) is 6.07 Å². The highest BCUT2D eigenvalue weighted by molar-refractivity contribution is 5.36. The normalized spacial score (nSPS) is 11.0. The molecular weight excluding hydrogens is 265 g/mol. The van der Waals surface area contributed by atoms with E-state index >= 15 is 0 Å². The van der Waals surface area contributed by atoms with Crippen LogP contribution in [0, 0.1) is 17.1 Å². The van der Waals surface area contributed by atoms with Crippen LogP contribution in [0.3, 0.4) is 0 Å². The molecule has 0 fully saturated rings. The predicted octanol–water partition coefficient (Wildman–Crippen LogP) is 4.57. The van der Waals surface area contributed by atoms with Crippen LogP contribution in [0.15, 0.2) is 42.5 Å². The lowest BCUT2D eigenvalue weighted by Gasteiger charge is -2.19. The molecule has 0 saturated heterocycles. The zero-order valence-electron chi connectivity index (χ0n) is 12.5. The van der Waals surface area contributed by atoms with Gasteiger partial charge in [0.1, 0.15) is 6.61 Å². The molecule has 0 heterocycles. The lowest BCUT2D eigenvalue weighted by molar-refractivity contribution is 0.290. The first kappa shape index (κ1) is 15.1. The fourth-order valence-corrected chi connectivity index (χ4v) is 1.95. The minimum Gasteiger partial charge on any atom is -0.486 e. The molecule has 0 atom stereocenters. The van der Waals surface area contributed by atoms with Crippen LogP contribution in [0.1, 0.15) is 37.5 Å². The van der Waals surface area contributed by atoms with Crippen molar-refractivity contribution in [2.45, 2.75) is 32.8 Å². The van der Waals surface area contributed by atoms with Gasteiger partial charge in [0.15, 0.2) is 11.6 Å². The summed E-state index contributed by atoms with van der Waals surface area (Å²) in [6.07, 6.45) is 0. The molecule has 0 amide bonds. The lowest BCUT2D eigenvalue weighted by atomic mass is 9.87. The van der Waals surface area contributed by atoms with E-state index in [4.69, 9.17) is 10.00 Å². The Kier molecular flexibility index (Phi) is 4.28. The molecular formula is C18H18FNO. The molecule has 2 rings (SSSR count). The molecule has 0 spiro atoms. The van der Waals surface area contributed by atoms with Crippen molar-refractivity contribution in [2.75, 3.05) is 0 Å². The van der Waals surface area contributed by atoms with Crippen molar-refractivity contribution in [3.05, 3.63) is 65.0 Å². The molecule has 2 aromatic rings. The summed E-state index contributed by atoms with van der Waals surface area (Å²) < 4.78 is 19.1. The van der Waals surface area contributed by atoms with Crippen LogP contribution in [0.2, 0.25) is 0 Å². The smallest absolute Gasteiger partial charge is 0.166 e. The third kappa shape index (κ3) is 3.82. The molecule has 0 aliphatic heterocycles. The van der Waals surface area contributed by atoms with Crippen molar-refractivity contribution in [1.82, 2.24) is 0 Å². The maximum absolute atomic E-state index is 13.7. The molecule has 21 heavy (non-hydrogen) atoms. The van der Waals surface area contributed by atoms with Crippen LogP contribution in [-0.2, 0) is 12.0 Å². The highest BCUT2D eigenvalue weighted by atomic mass is 19.1. The van der Waals surface area contributed by atoms with E-state index in [0.717, 1.165) is 5.56 Å². The van der Waals surface area contributed by atoms with Crippen LogP contribution in [0.25, 0.3) is 0 Å². The van der Waals surface area contributed by atoms with E-state index < -0.39 is 5.82 Å². The van der Waals surface area contributed by atoms with Gasteiger partial charge in [-0.15, -0.1) is 0 Å². The van der Waals surface area contributed by atoms with E-state index in [1.807, 2.05) is 18.2 Å². The first-order valence-electron chi connectivity index (χ1n) is 6.82. The molecule has 0 bridgehead atoms. The molecule has 2 nitrogen and oxygen atoms in total. The molecule has 0 saturated carbocycles. The minimum absolute atomic E-state index is 0.110. The number of hydrogen-bond donors (Lipinski definition) is 0. The average Bonchev–Trinajstić information content (AvgIpc) is 2.45. The van der Waals surface area contributed by atoms with Gasteiger partial charge < -0.3 is 4.74 Å². The number of benzene rings is 2. The van der Waals surface area contributed by atoms with Crippen molar-refractivity contribution >= 4 is 0 Å². The third-order valence-electron chi connectivity index (χ3n) is 3.28. The van der Waals surface area contributed by atoms with Crippen molar-refractivity contribution < 1.29 is 9.13 Å². The zero-order chi connectivity index (χ0) is 15.5. The molecule has 0 unspecified atom stereocenters. The van der Waals surface area contributed by atoms with Gasteiger partial charge in [-0.05, 0) is 34.7 Å². The second kappa shape index (κ2) is 5.97. The Morgan fingerprint density at radius 3 is 2.29 bits per heavy atom. The quantitative estimate of drug-likeness (QED) is 0.826. The molecule has 0 radical (unpaired) electrons. The summed E-state index contributed by atoms with van der Waals surface area (Å²) in [6.45, 7) is 6.77. The lowest BCUT2D eigenvalue weighted by Crippen LogP contribution is -2.10. The summed E-state index contributed by atoms with van der Waals surface area (Å²) in [7, 11) is 0. The maximum atomic E-state index is 13.7. The Balaban J connectivity index is 2.05. The van der Waals surface area contributed by atoms with Gasteiger partial charge >= 0.3 is 0 Å². The van der Waals surface area contributed by atoms with E-state index in [0.29, 0.717) is 6.61 Å². The topological polar surface area (TPSA) is 33.0 Å². The van der Waals surface area contributed by atoms with Gasteiger partial charge in [-0.3, -0.25) is 0 Å². The van der Waals surface area contributed by atoms with Crippen LogP contribution in [-0.4, -0.2) is 0 Å². The van der Waals surface area contributed by atoms with Crippen molar-refractivity contribution in [1.29, 1.82) is 5.26 Å². The largest absolute Gasteiger partial charge is 0.486 e. The number of rotatable bonds is 3. The van der Waals surface area contributed by atoms with Crippen LogP contribution >= 0.6 is 0 Å². The summed E-state index contributed by atoms with van der Waals surface area (Å²) in [4.78, 5) is 0. The summed E-state index contributed by atoms with van der Waals surface area (Å²) in [5.41, 5.74) is 2.62. The van der Waals surface area contributed by atoms with Gasteiger partial charge in [0.2, 0.25) is 0 Å². The van der Waals surface area contributed by atoms with Gasteiger partial charge in [-0.25, -0.2) is 4.39 Å². The van der Waals surface area contributed by atoms with Crippen molar-refractivity contribution in [3.8, 4) is 11.8 Å². The second-order valence-electron chi connectivity index (χ2n) is 5.99. The summed E-state index contributed by atoms with van der Waals surface area (Å²) >= 11 is 0. The Labute approximate surface area is 124 Å². The standard InChI is InChI=1S/C18H18FNO/c1-18(2,3)15-7-4-13(5-8-15)12-21-17-9-6-14(11-20)10-16(17)19/h4-10H,12H2,1-3H3. The molecule has 0 aliphatic carbocycles. The number of nitrogens with zero attached hydrogens (tertiary/aromatic N) is 1. The monoisotopic (exact) mass is 283 g/mol. The summed E-state index contributed by atoms with van der Waals surface area (Å²) in [6, 6.07) is 14.2. The number of hydrogen-bond acceptors (Lipinski definition) is 2. The number of nitriles is 1. The Morgan fingerprint density at radius 1 is 1.10 bits per heavy atom. The fraction of sp³-hybridized carbons (Fsp3) is 0.278. The van der Waals surface area contributed by atoms with Crippen molar-refractivity contribution in [3.63, 3.8) is 0 Å². The Bertz CT molecular complexity index is 663. The SMILES string of the molecule is CC(C)(C)c1ccc(COc2ccc(C#N)cc2F)cc1. The third-order valence-corrected chi connectivity index (χ3v) is 3.28. The van der Waals surface area contributed by atoms with Gasteiger partial charge in [-0.2, -0.15) is 5.26 Å². The van der Waals surface area contributed by atoms with E-state index in [-0.39, 0.29) is 16.7 Å². The summed E-state index contributed by atoms with van der Waals surface area (Å²) in [5, 5.41) is 8.69. The Morgan fingerprint density at radius 2 is 1.76 bits per heavy atom. The first-order chi connectivity index (χ1) is 9.90. The number of ether oxygens (including phenoxy) is 1. The van der Waals surface area contributed by atoms with E-state index in [1.165, 1.54) is 17.7 Å². The van der Waals surface area contributed by atoms with Gasteiger partial charge in [0, 0.05) is 0 Å². The fourth-order valence-electron chi connectivity index (χ4n) is 1.95. The molecule has 0 aliphatic rings. The van der Waals surface area contributed by atoms with Crippen LogP contribution in [0.5, 0.6) is 5.75 Å². The Hall–Kier alpha value is -2.34. The molecule has 2 aromatic carbocycles. The molecule has 3 heteroatoms. The van der Waals surface area contributed by atoms with Gasteiger partial charge in [0.25, 0.3) is 0 Å². The maximum Gasteiger partial charge on any atom is 0.166 e. The summed E-state index contributed by atoms with van der Waals surface area (Å²) in [5.74, 6) is -0.353. The van der Waals surface area contributed by atoms with Crippen LogP contribution in [0.4, 0.5) is 4.39 Å². The highest BCUT2D eigenvalue weighted by Gasteiger charge is 2.13. The van der Waals surface area contributed by atoms with Crippen molar-refractivity contribution in [2.24, 2.45) is 0 Å². The minimum atomic E-state index is -0.514. The van der Waals surface area contributed by atoms with Crippen LogP contribution < -0.4 is 4.74 Å². The zero-order valence-corrected chi connectivity index (χ0v) is 12.5. The number of halogens is 1. The molecule has 108 valence electrons. The average molecular weight is 283 g/mol.